The molecule has 2 atom stereocenters. The molecule has 0 aliphatic carbocycles. The van der Waals surface area contributed by atoms with Gasteiger partial charge in [-0.05, 0) is 24.6 Å². The molecular formula is C15H18FN3O6S. The van der Waals surface area contributed by atoms with Crippen LogP contribution in [0.2, 0.25) is 0 Å². The van der Waals surface area contributed by atoms with Crippen molar-refractivity contribution < 1.29 is 32.2 Å². The lowest BCUT2D eigenvalue weighted by molar-refractivity contribution is -0.139. The fourth-order valence-corrected chi connectivity index (χ4v) is 4.69. The number of likely N-dealkylation sites (N-methyl/N-ethyl adjacent to an activating group) is 1. The van der Waals surface area contributed by atoms with Gasteiger partial charge in [-0.15, -0.1) is 0 Å². The van der Waals surface area contributed by atoms with Crippen LogP contribution in [-0.2, 0) is 14.8 Å². The summed E-state index contributed by atoms with van der Waals surface area (Å²) in [4.78, 5) is 23.5. The average molecular weight is 387 g/mol. The third-order valence-electron chi connectivity index (χ3n) is 4.56. The van der Waals surface area contributed by atoms with Crippen LogP contribution in [0.4, 0.5) is 9.18 Å². The van der Waals surface area contributed by atoms with E-state index >= 15 is 0 Å². The van der Waals surface area contributed by atoms with Gasteiger partial charge in [-0.3, -0.25) is 0 Å². The molecule has 3 rings (SSSR count). The van der Waals surface area contributed by atoms with E-state index in [0.29, 0.717) is 6.42 Å². The number of ether oxygens (including phenoxy) is 1. The highest BCUT2D eigenvalue weighted by molar-refractivity contribution is 7.89. The van der Waals surface area contributed by atoms with Crippen molar-refractivity contribution >= 4 is 22.0 Å². The maximum atomic E-state index is 14.1. The summed E-state index contributed by atoms with van der Waals surface area (Å²) in [6, 6.07) is 2.42. The molecule has 2 heterocycles. The normalized spacial score (nSPS) is 23.5. The fraction of sp³-hybridized carbons (Fsp3) is 0.467. The lowest BCUT2D eigenvalue weighted by atomic mass is 10.0. The monoisotopic (exact) mass is 387 g/mol. The molecule has 0 radical (unpaired) electrons. The van der Waals surface area contributed by atoms with Gasteiger partial charge in [0, 0.05) is 20.1 Å². The number of piperidine rings is 1. The van der Waals surface area contributed by atoms with Crippen molar-refractivity contribution in [3.8, 4) is 5.75 Å². The first-order valence-electron chi connectivity index (χ1n) is 7.88. The van der Waals surface area contributed by atoms with Gasteiger partial charge in [0.05, 0.1) is 17.0 Å². The van der Waals surface area contributed by atoms with Gasteiger partial charge < -0.3 is 20.1 Å². The number of urea groups is 1. The Morgan fingerprint density at radius 3 is 2.85 bits per heavy atom. The topological polar surface area (TPSA) is 116 Å². The SMILES string of the molecule is CN1C(=O)N[C@@H]2CN(S(=O)(=O)c3ccc(OCC(=O)O)c(F)c3)CC[C@@H]21. The van der Waals surface area contributed by atoms with Crippen molar-refractivity contribution in [2.75, 3.05) is 26.7 Å². The van der Waals surface area contributed by atoms with Crippen molar-refractivity contribution in [1.29, 1.82) is 0 Å². The van der Waals surface area contributed by atoms with Gasteiger partial charge in [-0.2, -0.15) is 4.31 Å². The van der Waals surface area contributed by atoms with Crippen molar-refractivity contribution in [3.63, 3.8) is 0 Å². The van der Waals surface area contributed by atoms with Gasteiger partial charge >= 0.3 is 12.0 Å². The molecule has 2 N–H and O–H groups in total. The third kappa shape index (κ3) is 3.31. The molecule has 2 aliphatic heterocycles. The number of nitrogens with one attached hydrogen (secondary N) is 1. The number of sulfonamides is 1. The number of carboxylic acids is 1. The van der Waals surface area contributed by atoms with Crippen LogP contribution in [0.25, 0.3) is 0 Å². The quantitative estimate of drug-likeness (QED) is 0.739. The van der Waals surface area contributed by atoms with E-state index in [2.05, 4.69) is 5.32 Å². The smallest absolute Gasteiger partial charge is 0.341 e. The number of halogens is 1. The Morgan fingerprint density at radius 1 is 1.46 bits per heavy atom. The Balaban J connectivity index is 1.77. The predicted molar refractivity (Wildman–Crippen MR) is 86.8 cm³/mol. The predicted octanol–water partition coefficient (Wildman–Crippen LogP) is 0.0757. The van der Waals surface area contributed by atoms with Crippen molar-refractivity contribution in [2.45, 2.75) is 23.4 Å². The second-order valence-electron chi connectivity index (χ2n) is 6.16. The first-order valence-corrected chi connectivity index (χ1v) is 9.32. The molecule has 0 aromatic heterocycles. The number of benzene rings is 1. The number of carboxylic acid groups (broad SMARTS) is 1. The standard InChI is InChI=1S/C15H18FN3O6S/c1-18-12-4-5-19(7-11(12)17-15(18)22)26(23,24)9-2-3-13(10(16)6-9)25-8-14(20)21/h2-3,6,11-12H,4-5,7-8H2,1H3,(H,17,22)(H,20,21)/t11-,12+/m1/s1. The van der Waals surface area contributed by atoms with E-state index in [1.807, 2.05) is 0 Å². The first kappa shape index (κ1) is 18.4. The van der Waals surface area contributed by atoms with Crippen molar-refractivity contribution in [1.82, 2.24) is 14.5 Å². The molecule has 2 amide bonds. The number of rotatable bonds is 5. The molecule has 1 aromatic rings. The van der Waals surface area contributed by atoms with Crippen LogP contribution in [-0.4, -0.2) is 73.6 Å². The van der Waals surface area contributed by atoms with Crippen LogP contribution in [0.1, 0.15) is 6.42 Å². The number of aliphatic carboxylic acids is 1. The lowest BCUT2D eigenvalue weighted by Crippen LogP contribution is -2.52. The van der Waals surface area contributed by atoms with Gasteiger partial charge in [-0.1, -0.05) is 0 Å². The molecule has 142 valence electrons. The number of hydrogen-bond donors (Lipinski definition) is 2. The van der Waals surface area contributed by atoms with Crippen LogP contribution in [0.3, 0.4) is 0 Å². The van der Waals surface area contributed by atoms with Crippen LogP contribution in [0, 0.1) is 5.82 Å². The van der Waals surface area contributed by atoms with E-state index in [0.717, 1.165) is 12.1 Å². The minimum absolute atomic E-state index is 0.0718. The van der Waals surface area contributed by atoms with Gasteiger partial charge in [0.15, 0.2) is 18.2 Å². The number of carbonyl (C=O) groups is 2. The average Bonchev–Trinajstić information content (AvgIpc) is 2.87. The summed E-state index contributed by atoms with van der Waals surface area (Å²) < 4.78 is 45.5. The third-order valence-corrected chi connectivity index (χ3v) is 6.42. The Hall–Kier alpha value is -2.40. The summed E-state index contributed by atoms with van der Waals surface area (Å²) in [7, 11) is -2.29. The summed E-state index contributed by atoms with van der Waals surface area (Å²) >= 11 is 0. The zero-order chi connectivity index (χ0) is 19.1. The molecule has 0 spiro atoms. The highest BCUT2D eigenvalue weighted by atomic mass is 32.2. The van der Waals surface area contributed by atoms with Gasteiger partial charge in [0.2, 0.25) is 10.0 Å². The molecule has 11 heteroatoms. The summed E-state index contributed by atoms with van der Waals surface area (Å²) in [5, 5.41) is 11.3. The van der Waals surface area contributed by atoms with E-state index in [4.69, 9.17) is 9.84 Å². The molecule has 0 unspecified atom stereocenters. The molecule has 26 heavy (non-hydrogen) atoms. The van der Waals surface area contributed by atoms with E-state index in [1.165, 1.54) is 10.4 Å². The molecule has 0 saturated carbocycles. The maximum Gasteiger partial charge on any atom is 0.341 e. The van der Waals surface area contributed by atoms with Crippen LogP contribution in [0.15, 0.2) is 23.1 Å². The largest absolute Gasteiger partial charge is 0.479 e. The van der Waals surface area contributed by atoms with Gasteiger partial charge in [0.1, 0.15) is 0 Å². The summed E-state index contributed by atoms with van der Waals surface area (Å²) in [5.74, 6) is -2.57. The highest BCUT2D eigenvalue weighted by Crippen LogP contribution is 2.28. The summed E-state index contributed by atoms with van der Waals surface area (Å²) in [6.07, 6.45) is 0.474. The Morgan fingerprint density at radius 2 is 2.19 bits per heavy atom. The Bertz CT molecular complexity index is 846. The maximum absolute atomic E-state index is 14.1. The van der Waals surface area contributed by atoms with E-state index in [1.54, 1.807) is 11.9 Å². The molecule has 0 bridgehead atoms. The molecule has 2 aliphatic rings. The van der Waals surface area contributed by atoms with Crippen LogP contribution < -0.4 is 10.1 Å². The zero-order valence-corrected chi connectivity index (χ0v) is 14.7. The summed E-state index contributed by atoms with van der Waals surface area (Å²) in [6.45, 7) is -0.422. The summed E-state index contributed by atoms with van der Waals surface area (Å²) in [5.41, 5.74) is 0. The van der Waals surface area contributed by atoms with Crippen LogP contribution >= 0.6 is 0 Å². The first-order chi connectivity index (χ1) is 12.2. The number of nitrogens with zero attached hydrogens (tertiary/aromatic N) is 2. The number of hydrogen-bond acceptors (Lipinski definition) is 5. The fourth-order valence-electron chi connectivity index (χ4n) is 3.19. The highest BCUT2D eigenvalue weighted by Gasteiger charge is 2.43. The van der Waals surface area contributed by atoms with E-state index < -0.39 is 28.4 Å². The van der Waals surface area contributed by atoms with Crippen molar-refractivity contribution in [3.05, 3.63) is 24.0 Å². The minimum atomic E-state index is -3.95. The van der Waals surface area contributed by atoms with E-state index in [9.17, 15) is 22.4 Å². The van der Waals surface area contributed by atoms with Gasteiger partial charge in [0.25, 0.3) is 0 Å². The zero-order valence-electron chi connectivity index (χ0n) is 13.9. The number of amides is 2. The molecular weight excluding hydrogens is 369 g/mol. The molecule has 2 saturated heterocycles. The molecule has 2 fully saturated rings. The second kappa shape index (κ2) is 6.72. The van der Waals surface area contributed by atoms with Crippen molar-refractivity contribution in [2.24, 2.45) is 0 Å². The molecule has 9 nitrogen and oxygen atoms in total. The second-order valence-corrected chi connectivity index (χ2v) is 8.10. The number of fused-ring (bicyclic) bond motifs is 1. The minimum Gasteiger partial charge on any atom is -0.479 e. The number of carbonyl (C=O) groups excluding carboxylic acids is 1. The Labute approximate surface area is 149 Å². The molecule has 1 aromatic carbocycles. The van der Waals surface area contributed by atoms with Gasteiger partial charge in [-0.25, -0.2) is 22.4 Å². The Kier molecular flexibility index (Phi) is 4.76. The van der Waals surface area contributed by atoms with Crippen LogP contribution in [0.5, 0.6) is 5.75 Å². The van der Waals surface area contributed by atoms with E-state index in [-0.39, 0.29) is 41.8 Å². The lowest BCUT2D eigenvalue weighted by Gasteiger charge is -2.34.